The van der Waals surface area contributed by atoms with Crippen LogP contribution in [0.2, 0.25) is 0 Å². The van der Waals surface area contributed by atoms with Crippen LogP contribution < -0.4 is 5.32 Å². The first-order chi connectivity index (χ1) is 12.5. The van der Waals surface area contributed by atoms with Gasteiger partial charge in [0.1, 0.15) is 5.78 Å². The Balaban J connectivity index is 2.38. The van der Waals surface area contributed by atoms with Crippen molar-refractivity contribution in [2.45, 2.75) is 58.0 Å². The minimum absolute atomic E-state index is 0.0650. The fraction of sp³-hybridized carbons (Fsp3) is 0.737. The summed E-state index contributed by atoms with van der Waals surface area (Å²) in [5.74, 6) is -0.642. The summed E-state index contributed by atoms with van der Waals surface area (Å²) in [5.41, 5.74) is 0. The molecule has 7 heteroatoms. The topological polar surface area (TPSA) is 84.9 Å². The second-order valence-corrected chi connectivity index (χ2v) is 6.93. The zero-order valence-electron chi connectivity index (χ0n) is 15.7. The summed E-state index contributed by atoms with van der Waals surface area (Å²) in [5, 5.41) is 13.5. The Labute approximate surface area is 161 Å². The van der Waals surface area contributed by atoms with Crippen LogP contribution in [0.1, 0.15) is 51.9 Å². The van der Waals surface area contributed by atoms with Gasteiger partial charge in [0.25, 0.3) is 5.17 Å². The van der Waals surface area contributed by atoms with Crippen LogP contribution >= 0.6 is 12.2 Å². The van der Waals surface area contributed by atoms with Crippen molar-refractivity contribution in [2.24, 2.45) is 11.8 Å². The van der Waals surface area contributed by atoms with E-state index in [0.29, 0.717) is 24.4 Å². The summed E-state index contributed by atoms with van der Waals surface area (Å²) in [6, 6.07) is 0. The van der Waals surface area contributed by atoms with Gasteiger partial charge in [0.15, 0.2) is 0 Å². The lowest BCUT2D eigenvalue weighted by molar-refractivity contribution is -0.140. The van der Waals surface area contributed by atoms with Crippen molar-refractivity contribution in [1.29, 1.82) is 0 Å². The number of carbonyl (C=O) groups excluding carboxylic acids is 2. The van der Waals surface area contributed by atoms with Gasteiger partial charge in [-0.1, -0.05) is 25.5 Å². The van der Waals surface area contributed by atoms with E-state index >= 15 is 0 Å². The number of aliphatic hydroxyl groups is 1. The number of hydrogen-bond acceptors (Lipinski definition) is 6. The van der Waals surface area contributed by atoms with Gasteiger partial charge >= 0.3 is 5.97 Å². The molecule has 6 nitrogen and oxygen atoms in total. The number of aliphatic hydroxyl groups excluding tert-OH is 1. The van der Waals surface area contributed by atoms with Gasteiger partial charge in [-0.15, -0.1) is 0 Å². The average molecular weight is 386 g/mol. The molecule has 1 saturated carbocycles. The quantitative estimate of drug-likeness (QED) is 0.245. The first-order valence-electron chi connectivity index (χ1n) is 9.32. The molecule has 0 aromatic heterocycles. The van der Waals surface area contributed by atoms with Gasteiger partial charge in [0.2, 0.25) is 0 Å². The molecular formula is C19H31NO5S. The maximum absolute atomic E-state index is 12.1. The number of hydrogen-bond donors (Lipinski definition) is 2. The van der Waals surface area contributed by atoms with Crippen LogP contribution in [0.3, 0.4) is 0 Å². The molecule has 2 N–H and O–H groups in total. The van der Waals surface area contributed by atoms with E-state index in [2.05, 4.69) is 17.0 Å². The van der Waals surface area contributed by atoms with Crippen molar-refractivity contribution in [3.8, 4) is 0 Å². The maximum atomic E-state index is 12.1. The second-order valence-electron chi connectivity index (χ2n) is 6.56. The molecule has 0 bridgehead atoms. The number of ether oxygens (including phenoxy) is 2. The molecule has 1 aliphatic carbocycles. The minimum atomic E-state index is -0.682. The molecule has 0 heterocycles. The van der Waals surface area contributed by atoms with Gasteiger partial charge in [-0.2, -0.15) is 0 Å². The molecule has 1 aliphatic rings. The van der Waals surface area contributed by atoms with Gasteiger partial charge < -0.3 is 19.9 Å². The number of nitrogens with one attached hydrogen (secondary N) is 1. The van der Waals surface area contributed by atoms with E-state index in [0.717, 1.165) is 25.8 Å². The zero-order valence-corrected chi connectivity index (χ0v) is 16.6. The Kier molecular flexibility index (Phi) is 11.1. The number of Topliss-reactive ketones (excluding diaryl/α,β-unsaturated/α-hetero) is 1. The third-order valence-corrected chi connectivity index (χ3v) is 4.84. The van der Waals surface area contributed by atoms with Gasteiger partial charge in [0.05, 0.1) is 19.8 Å². The maximum Gasteiger partial charge on any atom is 0.305 e. The van der Waals surface area contributed by atoms with Crippen LogP contribution in [0.4, 0.5) is 0 Å². The first-order valence-corrected chi connectivity index (χ1v) is 9.73. The highest BCUT2D eigenvalue weighted by Crippen LogP contribution is 2.32. The molecular weight excluding hydrogens is 354 g/mol. The Morgan fingerprint density at radius 1 is 1.38 bits per heavy atom. The summed E-state index contributed by atoms with van der Waals surface area (Å²) in [6.45, 7) is 3.10. The summed E-state index contributed by atoms with van der Waals surface area (Å²) < 4.78 is 10.1. The third-order valence-electron chi connectivity index (χ3n) is 4.58. The molecule has 0 aromatic carbocycles. The van der Waals surface area contributed by atoms with Crippen molar-refractivity contribution in [2.75, 3.05) is 20.3 Å². The van der Waals surface area contributed by atoms with E-state index in [4.69, 9.17) is 17.0 Å². The number of esters is 1. The fourth-order valence-electron chi connectivity index (χ4n) is 2.97. The Hall–Kier alpha value is -1.47. The van der Waals surface area contributed by atoms with Crippen molar-refractivity contribution >= 4 is 29.1 Å². The van der Waals surface area contributed by atoms with Crippen molar-refractivity contribution in [3.05, 3.63) is 12.2 Å². The number of methoxy groups -OCH3 is 1. The number of allylic oxidation sites excluding steroid dienone is 2. The van der Waals surface area contributed by atoms with Gasteiger partial charge in [-0.3, -0.25) is 9.59 Å². The monoisotopic (exact) mass is 385 g/mol. The largest absolute Gasteiger partial charge is 0.471 e. The van der Waals surface area contributed by atoms with Crippen LogP contribution in [0.25, 0.3) is 0 Å². The normalized spacial score (nSPS) is 22.6. The number of ketones is 1. The van der Waals surface area contributed by atoms with Crippen LogP contribution in [-0.2, 0) is 19.1 Å². The van der Waals surface area contributed by atoms with E-state index in [1.54, 1.807) is 0 Å². The fourth-order valence-corrected chi connectivity index (χ4v) is 3.14. The lowest BCUT2D eigenvalue weighted by atomic mass is 9.91. The van der Waals surface area contributed by atoms with Gasteiger partial charge in [-0.05, 0) is 37.9 Å². The van der Waals surface area contributed by atoms with Gasteiger partial charge in [-0.25, -0.2) is 0 Å². The standard InChI is InChI=1S/C19H31NO5S/c1-3-4-11-20-19(26)25-13-15-14(16(21)12-17(15)22)9-7-5-6-8-10-18(23)24-2/h5,7,14-15,17,22H,3-4,6,8-13H2,1-2H3,(H,20,26)/b7-5-/t14-,15-,17-/m1/s1. The molecule has 0 radical (unpaired) electrons. The predicted molar refractivity (Wildman–Crippen MR) is 104 cm³/mol. The lowest BCUT2D eigenvalue weighted by Crippen LogP contribution is -2.31. The number of rotatable bonds is 11. The molecule has 0 spiro atoms. The minimum Gasteiger partial charge on any atom is -0.471 e. The Morgan fingerprint density at radius 3 is 2.85 bits per heavy atom. The molecule has 0 saturated heterocycles. The van der Waals surface area contributed by atoms with E-state index < -0.39 is 6.10 Å². The van der Waals surface area contributed by atoms with Crippen LogP contribution in [0, 0.1) is 11.8 Å². The van der Waals surface area contributed by atoms with Gasteiger partial charge in [0, 0.05) is 31.2 Å². The van der Waals surface area contributed by atoms with Crippen molar-refractivity contribution in [1.82, 2.24) is 5.32 Å². The first kappa shape index (κ1) is 22.6. The number of carbonyl (C=O) groups is 2. The van der Waals surface area contributed by atoms with E-state index in [1.165, 1.54) is 7.11 Å². The van der Waals surface area contributed by atoms with E-state index in [1.807, 2.05) is 12.2 Å². The third kappa shape index (κ3) is 8.27. The molecule has 148 valence electrons. The Morgan fingerprint density at radius 2 is 2.15 bits per heavy atom. The number of thiocarbonyl (C=S) groups is 1. The molecule has 26 heavy (non-hydrogen) atoms. The van der Waals surface area contributed by atoms with Crippen LogP contribution in [-0.4, -0.2) is 48.4 Å². The molecule has 1 fully saturated rings. The SMILES string of the molecule is CCCCNC(=S)OC[C@H]1[C@H](O)CC(=O)[C@@H]1C/C=C\CCCC(=O)OC. The molecule has 3 atom stereocenters. The van der Waals surface area contributed by atoms with Crippen LogP contribution in [0.15, 0.2) is 12.2 Å². The van der Waals surface area contributed by atoms with E-state index in [-0.39, 0.29) is 36.6 Å². The highest BCUT2D eigenvalue weighted by molar-refractivity contribution is 7.80. The highest BCUT2D eigenvalue weighted by atomic mass is 32.1. The highest BCUT2D eigenvalue weighted by Gasteiger charge is 2.41. The lowest BCUT2D eigenvalue weighted by Gasteiger charge is -2.20. The molecule has 0 amide bonds. The summed E-state index contributed by atoms with van der Waals surface area (Å²) in [6.07, 6.45) is 7.91. The van der Waals surface area contributed by atoms with E-state index in [9.17, 15) is 14.7 Å². The molecule has 0 unspecified atom stereocenters. The zero-order chi connectivity index (χ0) is 19.4. The molecule has 1 rings (SSSR count). The Bertz CT molecular complexity index is 494. The average Bonchev–Trinajstić information content (AvgIpc) is 2.89. The second kappa shape index (κ2) is 12.8. The predicted octanol–water partition coefficient (Wildman–Crippen LogP) is 2.53. The summed E-state index contributed by atoms with van der Waals surface area (Å²) in [7, 11) is 1.38. The van der Waals surface area contributed by atoms with Crippen molar-refractivity contribution in [3.63, 3.8) is 0 Å². The number of unbranched alkanes of at least 4 members (excludes halogenated alkanes) is 2. The summed E-state index contributed by atoms with van der Waals surface area (Å²) >= 11 is 5.12. The molecule has 0 aliphatic heterocycles. The molecule has 0 aromatic rings. The van der Waals surface area contributed by atoms with Crippen LogP contribution in [0.5, 0.6) is 0 Å². The van der Waals surface area contributed by atoms with Crippen molar-refractivity contribution < 1.29 is 24.2 Å². The summed E-state index contributed by atoms with van der Waals surface area (Å²) in [4.78, 5) is 23.2. The smallest absolute Gasteiger partial charge is 0.305 e.